The highest BCUT2D eigenvalue weighted by Gasteiger charge is 2.18. The fraction of sp³-hybridized carbons (Fsp3) is 0.389. The lowest BCUT2D eigenvalue weighted by molar-refractivity contribution is 0.436. The van der Waals surface area contributed by atoms with Gasteiger partial charge in [0.25, 0.3) is 0 Å². The van der Waals surface area contributed by atoms with Gasteiger partial charge in [0.2, 0.25) is 0 Å². The van der Waals surface area contributed by atoms with Crippen LogP contribution in [0.4, 0.5) is 0 Å². The number of hydrogen-bond donors (Lipinski definition) is 0. The van der Waals surface area contributed by atoms with E-state index < -0.39 is 0 Å². The van der Waals surface area contributed by atoms with Crippen LogP contribution in [0.25, 0.3) is 10.6 Å². The van der Waals surface area contributed by atoms with E-state index in [9.17, 15) is 0 Å². The fourth-order valence-corrected chi connectivity index (χ4v) is 4.33. The first-order valence-electron chi connectivity index (χ1n) is 8.38. The van der Waals surface area contributed by atoms with E-state index in [1.807, 2.05) is 16.8 Å². The standard InChI is InChI=1S/C18H19BrN4S/c19-15-8-6-14(7-9-15)18-20-16(12-24-18)10-23-11-17(21-22-23)13-4-2-1-3-5-13/h6-9,11-13H,1-5,10H2. The first kappa shape index (κ1) is 16.0. The van der Waals surface area contributed by atoms with Gasteiger partial charge >= 0.3 is 0 Å². The molecule has 0 aliphatic heterocycles. The SMILES string of the molecule is Brc1ccc(-c2nc(Cn3cc(C4CCCCC4)nn3)cs2)cc1. The van der Waals surface area contributed by atoms with Crippen molar-refractivity contribution in [2.45, 2.75) is 44.6 Å². The Hall–Kier alpha value is -1.53. The molecule has 1 fully saturated rings. The van der Waals surface area contributed by atoms with Gasteiger partial charge in [-0.3, -0.25) is 0 Å². The highest BCUT2D eigenvalue weighted by molar-refractivity contribution is 9.10. The van der Waals surface area contributed by atoms with Crippen molar-refractivity contribution in [3.05, 3.63) is 51.7 Å². The van der Waals surface area contributed by atoms with Crippen LogP contribution in [0.15, 0.2) is 40.3 Å². The zero-order chi connectivity index (χ0) is 16.4. The van der Waals surface area contributed by atoms with Gasteiger partial charge in [0.05, 0.1) is 17.9 Å². The minimum absolute atomic E-state index is 0.598. The molecule has 0 N–H and O–H groups in total. The second-order valence-corrected chi connectivity index (χ2v) is 8.10. The van der Waals surface area contributed by atoms with Crippen molar-refractivity contribution in [1.29, 1.82) is 0 Å². The molecule has 24 heavy (non-hydrogen) atoms. The van der Waals surface area contributed by atoms with Crippen molar-refractivity contribution in [3.63, 3.8) is 0 Å². The molecule has 2 aromatic heterocycles. The molecule has 1 aromatic carbocycles. The smallest absolute Gasteiger partial charge is 0.123 e. The molecule has 4 rings (SSSR count). The summed E-state index contributed by atoms with van der Waals surface area (Å²) in [5.41, 5.74) is 3.34. The average molecular weight is 403 g/mol. The summed E-state index contributed by atoms with van der Waals surface area (Å²) in [6.45, 7) is 0.687. The van der Waals surface area contributed by atoms with E-state index in [0.717, 1.165) is 26.4 Å². The van der Waals surface area contributed by atoms with Crippen LogP contribution in [0.3, 0.4) is 0 Å². The molecule has 2 heterocycles. The van der Waals surface area contributed by atoms with Gasteiger partial charge < -0.3 is 0 Å². The van der Waals surface area contributed by atoms with E-state index in [0.29, 0.717) is 12.5 Å². The summed E-state index contributed by atoms with van der Waals surface area (Å²) in [6.07, 6.45) is 8.61. The molecule has 0 atom stereocenters. The maximum Gasteiger partial charge on any atom is 0.123 e. The summed E-state index contributed by atoms with van der Waals surface area (Å²) in [4.78, 5) is 4.74. The normalized spacial score (nSPS) is 15.7. The van der Waals surface area contributed by atoms with Gasteiger partial charge in [0.15, 0.2) is 0 Å². The van der Waals surface area contributed by atoms with Gasteiger partial charge in [-0.1, -0.05) is 52.5 Å². The highest BCUT2D eigenvalue weighted by atomic mass is 79.9. The predicted octanol–water partition coefficient (Wildman–Crippen LogP) is 5.26. The van der Waals surface area contributed by atoms with Crippen LogP contribution in [0.5, 0.6) is 0 Å². The van der Waals surface area contributed by atoms with Gasteiger partial charge in [-0.05, 0) is 25.0 Å². The molecule has 0 unspecified atom stereocenters. The maximum absolute atomic E-state index is 4.74. The number of aromatic nitrogens is 4. The molecule has 3 aromatic rings. The Morgan fingerprint density at radius 1 is 1.12 bits per heavy atom. The van der Waals surface area contributed by atoms with Crippen LogP contribution < -0.4 is 0 Å². The van der Waals surface area contributed by atoms with E-state index in [4.69, 9.17) is 4.98 Å². The Balaban J connectivity index is 1.46. The van der Waals surface area contributed by atoms with Crippen LogP contribution in [0.1, 0.15) is 49.4 Å². The molecule has 0 spiro atoms. The molecule has 0 saturated heterocycles. The minimum Gasteiger partial charge on any atom is -0.246 e. The van der Waals surface area contributed by atoms with Crippen LogP contribution >= 0.6 is 27.3 Å². The van der Waals surface area contributed by atoms with Crippen molar-refractivity contribution in [2.75, 3.05) is 0 Å². The molecular weight excluding hydrogens is 384 g/mol. The van der Waals surface area contributed by atoms with Gasteiger partial charge in [-0.2, -0.15) is 0 Å². The van der Waals surface area contributed by atoms with Crippen molar-refractivity contribution in [2.24, 2.45) is 0 Å². The molecule has 4 nitrogen and oxygen atoms in total. The number of rotatable bonds is 4. The number of thiazole rings is 1. The van der Waals surface area contributed by atoms with Gasteiger partial charge in [-0.25, -0.2) is 9.67 Å². The predicted molar refractivity (Wildman–Crippen MR) is 100 cm³/mol. The third-order valence-corrected chi connectivity index (χ3v) is 6.02. The van der Waals surface area contributed by atoms with Crippen molar-refractivity contribution in [3.8, 4) is 10.6 Å². The molecule has 0 radical (unpaired) electrons. The minimum atomic E-state index is 0.598. The van der Waals surface area contributed by atoms with E-state index in [-0.39, 0.29) is 0 Å². The van der Waals surface area contributed by atoms with Gasteiger partial charge in [0, 0.05) is 27.5 Å². The summed E-state index contributed by atoms with van der Waals surface area (Å²) in [6, 6.07) is 8.27. The largest absolute Gasteiger partial charge is 0.246 e. The Kier molecular flexibility index (Phi) is 4.76. The molecule has 1 aliphatic rings. The quantitative estimate of drug-likeness (QED) is 0.597. The van der Waals surface area contributed by atoms with Crippen molar-refractivity contribution >= 4 is 27.3 Å². The van der Waals surface area contributed by atoms with E-state index >= 15 is 0 Å². The Morgan fingerprint density at radius 3 is 2.71 bits per heavy atom. The lowest BCUT2D eigenvalue weighted by Gasteiger charge is -2.18. The van der Waals surface area contributed by atoms with E-state index in [1.165, 1.54) is 32.1 Å². The van der Waals surface area contributed by atoms with Crippen LogP contribution in [0.2, 0.25) is 0 Å². The third kappa shape index (κ3) is 3.59. The lowest BCUT2D eigenvalue weighted by atomic mass is 9.87. The zero-order valence-electron chi connectivity index (χ0n) is 13.4. The molecule has 0 bridgehead atoms. The zero-order valence-corrected chi connectivity index (χ0v) is 15.8. The van der Waals surface area contributed by atoms with Crippen molar-refractivity contribution in [1.82, 2.24) is 20.0 Å². The number of halogens is 1. The van der Waals surface area contributed by atoms with Crippen LogP contribution in [-0.4, -0.2) is 20.0 Å². The Morgan fingerprint density at radius 2 is 1.92 bits per heavy atom. The molecule has 1 saturated carbocycles. The van der Waals surface area contributed by atoms with Crippen LogP contribution in [-0.2, 0) is 6.54 Å². The summed E-state index contributed by atoms with van der Waals surface area (Å²) in [5, 5.41) is 11.9. The number of benzene rings is 1. The summed E-state index contributed by atoms with van der Waals surface area (Å²) in [5.74, 6) is 0.598. The molecule has 124 valence electrons. The fourth-order valence-electron chi connectivity index (χ4n) is 3.25. The summed E-state index contributed by atoms with van der Waals surface area (Å²) < 4.78 is 3.01. The first-order chi connectivity index (χ1) is 11.8. The molecule has 1 aliphatic carbocycles. The Labute approximate surface area is 154 Å². The Bertz CT molecular complexity index is 803. The number of hydrogen-bond acceptors (Lipinski definition) is 4. The topological polar surface area (TPSA) is 43.6 Å². The second kappa shape index (κ2) is 7.15. The second-order valence-electron chi connectivity index (χ2n) is 6.33. The highest BCUT2D eigenvalue weighted by Crippen LogP contribution is 2.31. The average Bonchev–Trinajstić information content (AvgIpc) is 3.27. The number of nitrogens with zero attached hydrogens (tertiary/aromatic N) is 4. The van der Waals surface area contributed by atoms with Crippen LogP contribution in [0, 0.1) is 0 Å². The van der Waals surface area contributed by atoms with Crippen molar-refractivity contribution < 1.29 is 0 Å². The third-order valence-electron chi connectivity index (χ3n) is 4.55. The molecule has 6 heteroatoms. The maximum atomic E-state index is 4.74. The van der Waals surface area contributed by atoms with Gasteiger partial charge in [-0.15, -0.1) is 16.4 Å². The molecular formula is C18H19BrN4S. The van der Waals surface area contributed by atoms with E-state index in [2.05, 4.69) is 50.0 Å². The lowest BCUT2D eigenvalue weighted by Crippen LogP contribution is -2.04. The van der Waals surface area contributed by atoms with E-state index in [1.54, 1.807) is 11.3 Å². The van der Waals surface area contributed by atoms with Gasteiger partial charge in [0.1, 0.15) is 5.01 Å². The first-order valence-corrected chi connectivity index (χ1v) is 10.1. The summed E-state index contributed by atoms with van der Waals surface area (Å²) in [7, 11) is 0. The molecule has 0 amide bonds. The monoisotopic (exact) mass is 402 g/mol. The summed E-state index contributed by atoms with van der Waals surface area (Å²) >= 11 is 5.14.